The molecule has 1 saturated heterocycles. The Kier molecular flexibility index (Phi) is 7.25. The Morgan fingerprint density at radius 2 is 1.88 bits per heavy atom. The van der Waals surface area contributed by atoms with Crippen molar-refractivity contribution in [2.45, 2.75) is 31.1 Å². The Balaban J connectivity index is 1.90. The molecule has 0 radical (unpaired) electrons. The van der Waals surface area contributed by atoms with Crippen LogP contribution in [0.5, 0.6) is 5.75 Å². The Labute approximate surface area is 152 Å². The van der Waals surface area contributed by atoms with Crippen LogP contribution in [0.1, 0.15) is 31.7 Å². The standard InChI is InChI=1S/C18H31N3O3S/c1-15(2)17-14-16(6-7-18(17)24-4)25(22,23)19-8-5-9-21-12-10-20(3)11-13-21/h6-7,14-15,19H,5,8-13H2,1-4H3. The summed E-state index contributed by atoms with van der Waals surface area (Å²) in [6.45, 7) is 9.70. The maximum absolute atomic E-state index is 12.5. The van der Waals surface area contributed by atoms with Crippen molar-refractivity contribution in [3.8, 4) is 5.75 Å². The van der Waals surface area contributed by atoms with E-state index in [1.807, 2.05) is 13.8 Å². The zero-order chi connectivity index (χ0) is 18.4. The van der Waals surface area contributed by atoms with E-state index in [0.29, 0.717) is 11.4 Å². The smallest absolute Gasteiger partial charge is 0.240 e. The molecular weight excluding hydrogens is 338 g/mol. The van der Waals surface area contributed by atoms with Crippen LogP contribution in [0.15, 0.2) is 23.1 Å². The summed E-state index contributed by atoms with van der Waals surface area (Å²) in [5.74, 6) is 0.923. The summed E-state index contributed by atoms with van der Waals surface area (Å²) < 4.78 is 33.1. The minimum atomic E-state index is -3.49. The largest absolute Gasteiger partial charge is 0.496 e. The third-order valence-corrected chi connectivity index (χ3v) is 6.13. The van der Waals surface area contributed by atoms with Crippen LogP contribution in [0.4, 0.5) is 0 Å². The summed E-state index contributed by atoms with van der Waals surface area (Å²) in [4.78, 5) is 5.00. The lowest BCUT2D eigenvalue weighted by molar-refractivity contribution is 0.153. The Hall–Kier alpha value is -1.15. The van der Waals surface area contributed by atoms with Gasteiger partial charge >= 0.3 is 0 Å². The van der Waals surface area contributed by atoms with Crippen LogP contribution in [0.25, 0.3) is 0 Å². The van der Waals surface area contributed by atoms with Crippen LogP contribution in [0, 0.1) is 0 Å². The summed E-state index contributed by atoms with van der Waals surface area (Å²) in [6.07, 6.45) is 0.816. The Bertz CT molecular complexity index is 654. The topological polar surface area (TPSA) is 61.9 Å². The summed E-state index contributed by atoms with van der Waals surface area (Å²) in [5.41, 5.74) is 0.905. The molecule has 0 spiro atoms. The maximum Gasteiger partial charge on any atom is 0.240 e. The first-order valence-corrected chi connectivity index (χ1v) is 10.4. The van der Waals surface area contributed by atoms with Gasteiger partial charge < -0.3 is 14.5 Å². The number of benzene rings is 1. The number of ether oxygens (including phenoxy) is 1. The molecule has 1 heterocycles. The molecular formula is C18H31N3O3S. The van der Waals surface area contributed by atoms with Gasteiger partial charge in [0.25, 0.3) is 0 Å². The molecule has 25 heavy (non-hydrogen) atoms. The van der Waals surface area contributed by atoms with E-state index in [9.17, 15) is 8.42 Å². The van der Waals surface area contributed by atoms with Gasteiger partial charge in [0.1, 0.15) is 5.75 Å². The van der Waals surface area contributed by atoms with Crippen molar-refractivity contribution in [3.63, 3.8) is 0 Å². The number of methoxy groups -OCH3 is 1. The molecule has 1 aliphatic rings. The summed E-state index contributed by atoms with van der Waals surface area (Å²) in [7, 11) is 0.249. The van der Waals surface area contributed by atoms with Gasteiger partial charge in [0.2, 0.25) is 10.0 Å². The lowest BCUT2D eigenvalue weighted by Gasteiger charge is -2.32. The molecule has 1 aromatic rings. The molecule has 1 aliphatic heterocycles. The van der Waals surface area contributed by atoms with Gasteiger partial charge in [0.05, 0.1) is 12.0 Å². The molecule has 0 unspecified atom stereocenters. The van der Waals surface area contributed by atoms with Crippen molar-refractivity contribution in [3.05, 3.63) is 23.8 Å². The molecule has 0 atom stereocenters. The lowest BCUT2D eigenvalue weighted by Crippen LogP contribution is -2.45. The van der Waals surface area contributed by atoms with E-state index in [1.54, 1.807) is 25.3 Å². The van der Waals surface area contributed by atoms with E-state index >= 15 is 0 Å². The molecule has 7 heteroatoms. The molecule has 0 bridgehead atoms. The predicted molar refractivity (Wildman–Crippen MR) is 101 cm³/mol. The molecule has 0 aliphatic carbocycles. The number of nitrogens with zero attached hydrogens (tertiary/aromatic N) is 2. The summed E-state index contributed by atoms with van der Waals surface area (Å²) in [6, 6.07) is 5.05. The van der Waals surface area contributed by atoms with Crippen LogP contribution in [-0.4, -0.2) is 71.6 Å². The average Bonchev–Trinajstić information content (AvgIpc) is 2.59. The van der Waals surface area contributed by atoms with Gasteiger partial charge in [0.15, 0.2) is 0 Å². The monoisotopic (exact) mass is 369 g/mol. The summed E-state index contributed by atoms with van der Waals surface area (Å²) >= 11 is 0. The summed E-state index contributed by atoms with van der Waals surface area (Å²) in [5, 5.41) is 0. The van der Waals surface area contributed by atoms with Gasteiger partial charge in [-0.1, -0.05) is 13.8 Å². The number of nitrogens with one attached hydrogen (secondary N) is 1. The fourth-order valence-corrected chi connectivity index (χ4v) is 4.10. The fraction of sp³-hybridized carbons (Fsp3) is 0.667. The minimum Gasteiger partial charge on any atom is -0.496 e. The number of rotatable bonds is 8. The highest BCUT2D eigenvalue weighted by Gasteiger charge is 2.18. The molecule has 1 N–H and O–H groups in total. The number of piperazine rings is 1. The molecule has 0 saturated carbocycles. The van der Waals surface area contributed by atoms with Crippen LogP contribution < -0.4 is 9.46 Å². The van der Waals surface area contributed by atoms with Gasteiger partial charge in [-0.3, -0.25) is 0 Å². The van der Waals surface area contributed by atoms with Gasteiger partial charge in [-0.2, -0.15) is 0 Å². The third kappa shape index (κ3) is 5.67. The molecule has 1 aromatic carbocycles. The zero-order valence-electron chi connectivity index (χ0n) is 15.8. The third-order valence-electron chi connectivity index (χ3n) is 4.67. The average molecular weight is 370 g/mol. The fourth-order valence-electron chi connectivity index (χ4n) is 2.99. The SMILES string of the molecule is COc1ccc(S(=O)(=O)NCCCN2CCN(C)CC2)cc1C(C)C. The van der Waals surface area contributed by atoms with E-state index in [2.05, 4.69) is 21.6 Å². The molecule has 6 nitrogen and oxygen atoms in total. The van der Waals surface area contributed by atoms with Crippen molar-refractivity contribution in [1.82, 2.24) is 14.5 Å². The van der Waals surface area contributed by atoms with Crippen LogP contribution in [0.3, 0.4) is 0 Å². The van der Waals surface area contributed by atoms with Gasteiger partial charge in [0, 0.05) is 32.7 Å². The van der Waals surface area contributed by atoms with Gasteiger partial charge in [-0.05, 0) is 49.7 Å². The second-order valence-corrected chi connectivity index (χ2v) is 8.72. The van der Waals surface area contributed by atoms with Crippen molar-refractivity contribution in [2.24, 2.45) is 0 Å². The normalized spacial score (nSPS) is 17.2. The van der Waals surface area contributed by atoms with Gasteiger partial charge in [-0.15, -0.1) is 0 Å². The van der Waals surface area contributed by atoms with Crippen molar-refractivity contribution in [1.29, 1.82) is 0 Å². The molecule has 142 valence electrons. The first-order valence-electron chi connectivity index (χ1n) is 8.92. The molecule has 1 fully saturated rings. The highest BCUT2D eigenvalue weighted by atomic mass is 32.2. The van der Waals surface area contributed by atoms with Crippen molar-refractivity contribution in [2.75, 3.05) is 53.4 Å². The maximum atomic E-state index is 12.5. The Morgan fingerprint density at radius 3 is 2.48 bits per heavy atom. The van der Waals surface area contributed by atoms with E-state index in [1.165, 1.54) is 0 Å². The highest BCUT2D eigenvalue weighted by molar-refractivity contribution is 7.89. The molecule has 0 amide bonds. The molecule has 0 aromatic heterocycles. The highest BCUT2D eigenvalue weighted by Crippen LogP contribution is 2.28. The van der Waals surface area contributed by atoms with Crippen LogP contribution >= 0.6 is 0 Å². The van der Waals surface area contributed by atoms with Crippen LogP contribution in [-0.2, 0) is 10.0 Å². The second kappa shape index (κ2) is 8.98. The Morgan fingerprint density at radius 1 is 1.20 bits per heavy atom. The van der Waals surface area contributed by atoms with Crippen LogP contribution in [0.2, 0.25) is 0 Å². The minimum absolute atomic E-state index is 0.197. The number of hydrogen-bond acceptors (Lipinski definition) is 5. The first kappa shape index (κ1) is 20.2. The van der Waals surface area contributed by atoms with Crippen molar-refractivity contribution < 1.29 is 13.2 Å². The number of hydrogen-bond donors (Lipinski definition) is 1. The predicted octanol–water partition coefficient (Wildman–Crippen LogP) is 1.73. The number of likely N-dealkylation sites (N-methyl/N-ethyl adjacent to an activating group) is 1. The van der Waals surface area contributed by atoms with E-state index < -0.39 is 10.0 Å². The zero-order valence-corrected chi connectivity index (χ0v) is 16.6. The van der Waals surface area contributed by atoms with E-state index in [4.69, 9.17) is 4.74 Å². The van der Waals surface area contributed by atoms with Gasteiger partial charge in [-0.25, -0.2) is 13.1 Å². The number of sulfonamides is 1. The second-order valence-electron chi connectivity index (χ2n) is 6.95. The van der Waals surface area contributed by atoms with E-state index in [0.717, 1.165) is 50.5 Å². The quantitative estimate of drug-likeness (QED) is 0.707. The lowest BCUT2D eigenvalue weighted by atomic mass is 10.0. The van der Waals surface area contributed by atoms with E-state index in [-0.39, 0.29) is 5.92 Å². The first-order chi connectivity index (χ1) is 11.8. The van der Waals surface area contributed by atoms with Crippen molar-refractivity contribution >= 4 is 10.0 Å². The molecule has 2 rings (SSSR count).